The average Bonchev–Trinajstić information content (AvgIpc) is 2.35. The first kappa shape index (κ1) is 15.9. The highest BCUT2D eigenvalue weighted by atomic mass is 32.2. The molecule has 0 amide bonds. The molecular weight excluding hydrogens is 248 g/mol. The molecular formula is C13H28N2O2S. The van der Waals surface area contributed by atoms with Crippen molar-refractivity contribution < 1.29 is 8.42 Å². The van der Waals surface area contributed by atoms with E-state index in [4.69, 9.17) is 5.84 Å². The van der Waals surface area contributed by atoms with Crippen LogP contribution < -0.4 is 11.3 Å². The molecule has 0 aliphatic heterocycles. The van der Waals surface area contributed by atoms with Crippen molar-refractivity contribution >= 4 is 9.84 Å². The highest BCUT2D eigenvalue weighted by molar-refractivity contribution is 7.91. The normalized spacial score (nSPS) is 27.4. The van der Waals surface area contributed by atoms with Crippen LogP contribution in [0.2, 0.25) is 0 Å². The number of nitrogens with two attached hydrogens (primary N) is 1. The minimum atomic E-state index is -2.91. The number of hydrogen-bond acceptors (Lipinski definition) is 4. The molecule has 0 aromatic heterocycles. The molecule has 18 heavy (non-hydrogen) atoms. The predicted octanol–water partition coefficient (Wildman–Crippen LogP) is 1.86. The summed E-state index contributed by atoms with van der Waals surface area (Å²) in [5.41, 5.74) is 2.95. The molecule has 0 heterocycles. The van der Waals surface area contributed by atoms with Crippen molar-refractivity contribution in [2.24, 2.45) is 17.7 Å². The maximum atomic E-state index is 11.7. The Balaban J connectivity index is 2.75. The summed E-state index contributed by atoms with van der Waals surface area (Å²) in [6.45, 7) is 4.35. The highest BCUT2D eigenvalue weighted by Crippen LogP contribution is 2.34. The van der Waals surface area contributed by atoms with Crippen LogP contribution in [0.3, 0.4) is 0 Å². The van der Waals surface area contributed by atoms with E-state index in [1.807, 2.05) is 0 Å². The molecule has 1 fully saturated rings. The van der Waals surface area contributed by atoms with E-state index in [1.54, 1.807) is 0 Å². The van der Waals surface area contributed by atoms with Gasteiger partial charge in [0.2, 0.25) is 0 Å². The summed E-state index contributed by atoms with van der Waals surface area (Å²) < 4.78 is 23.4. The van der Waals surface area contributed by atoms with Crippen molar-refractivity contribution in [3.05, 3.63) is 0 Å². The molecule has 1 saturated carbocycles. The lowest BCUT2D eigenvalue weighted by Gasteiger charge is -2.37. The zero-order valence-electron chi connectivity index (χ0n) is 11.9. The van der Waals surface area contributed by atoms with Crippen LogP contribution in [-0.4, -0.2) is 26.0 Å². The number of hydrogen-bond donors (Lipinski definition) is 2. The zero-order valence-corrected chi connectivity index (χ0v) is 12.7. The number of sulfone groups is 1. The Morgan fingerprint density at radius 2 is 1.89 bits per heavy atom. The third kappa shape index (κ3) is 3.93. The van der Waals surface area contributed by atoms with Crippen molar-refractivity contribution in [2.75, 3.05) is 6.26 Å². The molecule has 1 rings (SSSR count). The average molecular weight is 276 g/mol. The van der Waals surface area contributed by atoms with E-state index in [1.165, 1.54) is 6.26 Å². The van der Waals surface area contributed by atoms with Gasteiger partial charge < -0.3 is 0 Å². The molecule has 1 aliphatic carbocycles. The lowest BCUT2D eigenvalue weighted by Crippen LogP contribution is -2.48. The van der Waals surface area contributed by atoms with Gasteiger partial charge in [0.05, 0.1) is 5.25 Å². The van der Waals surface area contributed by atoms with Crippen molar-refractivity contribution in [3.8, 4) is 0 Å². The van der Waals surface area contributed by atoms with Crippen LogP contribution in [-0.2, 0) is 9.84 Å². The minimum Gasteiger partial charge on any atom is -0.271 e. The quantitative estimate of drug-likeness (QED) is 0.574. The van der Waals surface area contributed by atoms with Gasteiger partial charge in [-0.1, -0.05) is 33.1 Å². The Morgan fingerprint density at radius 3 is 2.33 bits per heavy atom. The Bertz CT molecular complexity index is 339. The third-order valence-electron chi connectivity index (χ3n) is 4.53. The molecule has 5 heteroatoms. The lowest BCUT2D eigenvalue weighted by molar-refractivity contribution is 0.200. The molecule has 108 valence electrons. The van der Waals surface area contributed by atoms with Crippen LogP contribution in [0.15, 0.2) is 0 Å². The van der Waals surface area contributed by atoms with Gasteiger partial charge in [0.1, 0.15) is 9.84 Å². The van der Waals surface area contributed by atoms with Gasteiger partial charge in [-0.25, -0.2) is 8.42 Å². The molecule has 0 spiro atoms. The van der Waals surface area contributed by atoms with Crippen LogP contribution in [0.1, 0.15) is 52.4 Å². The van der Waals surface area contributed by atoms with E-state index < -0.39 is 9.84 Å². The first-order valence-electron chi connectivity index (χ1n) is 7.09. The molecule has 1 aliphatic rings. The van der Waals surface area contributed by atoms with Crippen LogP contribution in [0.25, 0.3) is 0 Å². The van der Waals surface area contributed by atoms with Crippen molar-refractivity contribution in [1.29, 1.82) is 0 Å². The molecule has 0 aromatic rings. The summed E-state index contributed by atoms with van der Waals surface area (Å²) in [4.78, 5) is 0. The number of hydrazine groups is 1. The second kappa shape index (κ2) is 6.87. The van der Waals surface area contributed by atoms with Crippen molar-refractivity contribution in [3.63, 3.8) is 0 Å². The second-order valence-corrected chi connectivity index (χ2v) is 7.97. The molecule has 3 unspecified atom stereocenters. The van der Waals surface area contributed by atoms with Crippen LogP contribution in [0.4, 0.5) is 0 Å². The predicted molar refractivity (Wildman–Crippen MR) is 75.8 cm³/mol. The number of nitrogens with one attached hydrogen (secondary N) is 1. The monoisotopic (exact) mass is 276 g/mol. The van der Waals surface area contributed by atoms with Gasteiger partial charge in [-0.15, -0.1) is 0 Å². The summed E-state index contributed by atoms with van der Waals surface area (Å²) in [6, 6.07) is 0.254. The summed E-state index contributed by atoms with van der Waals surface area (Å²) in [7, 11) is -2.91. The molecule has 0 aromatic carbocycles. The van der Waals surface area contributed by atoms with Crippen LogP contribution in [0.5, 0.6) is 0 Å². The Kier molecular flexibility index (Phi) is 6.08. The van der Waals surface area contributed by atoms with Crippen molar-refractivity contribution in [1.82, 2.24) is 5.43 Å². The van der Waals surface area contributed by atoms with E-state index in [9.17, 15) is 8.42 Å². The van der Waals surface area contributed by atoms with Crippen LogP contribution in [0, 0.1) is 11.8 Å². The van der Waals surface area contributed by atoms with Gasteiger partial charge in [0.25, 0.3) is 0 Å². The maximum Gasteiger partial charge on any atom is 0.150 e. The summed E-state index contributed by atoms with van der Waals surface area (Å²) in [5, 5.41) is -0.165. The Morgan fingerprint density at radius 1 is 1.28 bits per heavy atom. The fourth-order valence-corrected chi connectivity index (χ4v) is 4.54. The molecule has 3 atom stereocenters. The second-order valence-electron chi connectivity index (χ2n) is 5.65. The summed E-state index contributed by atoms with van der Waals surface area (Å²) in [5.74, 6) is 6.65. The zero-order chi connectivity index (χ0) is 13.8. The van der Waals surface area contributed by atoms with Crippen molar-refractivity contribution in [2.45, 2.75) is 63.7 Å². The van der Waals surface area contributed by atoms with Gasteiger partial charge in [0.15, 0.2) is 0 Å². The van der Waals surface area contributed by atoms with E-state index in [-0.39, 0.29) is 11.3 Å². The van der Waals surface area contributed by atoms with E-state index in [2.05, 4.69) is 19.3 Å². The van der Waals surface area contributed by atoms with Gasteiger partial charge in [0, 0.05) is 12.3 Å². The summed E-state index contributed by atoms with van der Waals surface area (Å²) in [6.07, 6.45) is 7.22. The van der Waals surface area contributed by atoms with Gasteiger partial charge >= 0.3 is 0 Å². The highest BCUT2D eigenvalue weighted by Gasteiger charge is 2.34. The number of rotatable bonds is 6. The van der Waals surface area contributed by atoms with E-state index in [0.717, 1.165) is 38.5 Å². The Labute approximate surface area is 112 Å². The maximum absolute atomic E-state index is 11.7. The van der Waals surface area contributed by atoms with Gasteiger partial charge in [-0.05, 0) is 31.1 Å². The molecule has 0 bridgehead atoms. The third-order valence-corrected chi connectivity index (χ3v) is 6.17. The first-order chi connectivity index (χ1) is 8.43. The fraction of sp³-hybridized carbons (Fsp3) is 1.00. The molecule has 3 N–H and O–H groups in total. The standard InChI is InChI=1S/C13H28N2O2S/c1-4-10(5-2)13(15-14)11-7-6-8-12(9-11)18(3,16)17/h10-13,15H,4-9,14H2,1-3H3. The smallest absolute Gasteiger partial charge is 0.150 e. The Hall–Kier alpha value is -0.130. The summed E-state index contributed by atoms with van der Waals surface area (Å²) >= 11 is 0. The molecule has 4 nitrogen and oxygen atoms in total. The first-order valence-corrected chi connectivity index (χ1v) is 9.04. The van der Waals surface area contributed by atoms with E-state index >= 15 is 0 Å². The fourth-order valence-electron chi connectivity index (χ4n) is 3.35. The lowest BCUT2D eigenvalue weighted by atomic mass is 9.77. The topological polar surface area (TPSA) is 72.2 Å². The molecule has 0 saturated heterocycles. The molecule has 0 radical (unpaired) electrons. The van der Waals surface area contributed by atoms with E-state index in [0.29, 0.717) is 11.8 Å². The largest absolute Gasteiger partial charge is 0.271 e. The van der Waals surface area contributed by atoms with Crippen LogP contribution >= 0.6 is 0 Å². The van der Waals surface area contributed by atoms with Gasteiger partial charge in [-0.2, -0.15) is 0 Å². The SMILES string of the molecule is CCC(CC)C(NN)C1CCCC(S(C)(=O)=O)C1. The minimum absolute atomic E-state index is 0.165. The van der Waals surface area contributed by atoms with Gasteiger partial charge in [-0.3, -0.25) is 11.3 Å².